The van der Waals surface area contributed by atoms with Gasteiger partial charge in [-0.3, -0.25) is 10.1 Å². The number of nitro groups is 1. The number of nitrogens with zero attached hydrogens (tertiary/aromatic N) is 1. The lowest BCUT2D eigenvalue weighted by Gasteiger charge is -2.15. The summed E-state index contributed by atoms with van der Waals surface area (Å²) in [6.45, 7) is 4.21. The van der Waals surface area contributed by atoms with Crippen molar-refractivity contribution in [3.63, 3.8) is 0 Å². The first-order valence-corrected chi connectivity index (χ1v) is 7.28. The third kappa shape index (κ3) is 5.47. The molecule has 5 nitrogen and oxygen atoms in total. The van der Waals surface area contributed by atoms with Crippen molar-refractivity contribution in [1.29, 1.82) is 0 Å². The molecule has 1 rings (SSSR count). The predicted octanol–water partition coefficient (Wildman–Crippen LogP) is 4.46. The fourth-order valence-corrected chi connectivity index (χ4v) is 2.18. The molecule has 0 aromatic heterocycles. The molecule has 0 saturated heterocycles. The first-order chi connectivity index (χ1) is 9.54. The molecule has 5 heteroatoms. The van der Waals surface area contributed by atoms with E-state index in [1.807, 2.05) is 6.92 Å². The van der Waals surface area contributed by atoms with Crippen molar-refractivity contribution in [2.75, 3.05) is 5.32 Å². The van der Waals surface area contributed by atoms with Gasteiger partial charge in [0, 0.05) is 6.04 Å². The van der Waals surface area contributed by atoms with Gasteiger partial charge in [0.05, 0.1) is 11.0 Å². The summed E-state index contributed by atoms with van der Waals surface area (Å²) in [5.74, 6) is -0.0885. The Kier molecular flexibility index (Phi) is 6.84. The molecule has 1 atom stereocenters. The second kappa shape index (κ2) is 8.40. The Bertz CT molecular complexity index is 435. The summed E-state index contributed by atoms with van der Waals surface area (Å²) in [4.78, 5) is 10.5. The Labute approximate surface area is 120 Å². The van der Waals surface area contributed by atoms with Crippen LogP contribution in [-0.2, 0) is 0 Å². The Balaban J connectivity index is 2.49. The maximum absolute atomic E-state index is 10.9. The van der Waals surface area contributed by atoms with Crippen LogP contribution in [0.5, 0.6) is 5.75 Å². The van der Waals surface area contributed by atoms with Crippen LogP contribution in [0, 0.1) is 10.1 Å². The molecule has 0 aliphatic heterocycles. The number of hydrogen-bond acceptors (Lipinski definition) is 4. The van der Waals surface area contributed by atoms with E-state index < -0.39 is 4.92 Å². The maximum atomic E-state index is 10.9. The number of hydrogen-bond donors (Lipinski definition) is 2. The minimum absolute atomic E-state index is 0.0807. The van der Waals surface area contributed by atoms with E-state index in [4.69, 9.17) is 0 Å². The summed E-state index contributed by atoms with van der Waals surface area (Å²) in [5, 5.41) is 23.4. The van der Waals surface area contributed by atoms with Crippen molar-refractivity contribution >= 4 is 11.4 Å². The zero-order chi connectivity index (χ0) is 15.0. The van der Waals surface area contributed by atoms with Crippen LogP contribution >= 0.6 is 0 Å². The third-order valence-electron chi connectivity index (χ3n) is 3.32. The predicted molar refractivity (Wildman–Crippen MR) is 81.2 cm³/mol. The first kappa shape index (κ1) is 16.3. The van der Waals surface area contributed by atoms with Crippen molar-refractivity contribution in [3.05, 3.63) is 28.3 Å². The van der Waals surface area contributed by atoms with E-state index in [2.05, 4.69) is 12.2 Å². The molecule has 0 amide bonds. The fourth-order valence-electron chi connectivity index (χ4n) is 2.18. The Hall–Kier alpha value is -1.78. The van der Waals surface area contributed by atoms with E-state index in [1.54, 1.807) is 6.07 Å². The van der Waals surface area contributed by atoms with E-state index in [1.165, 1.54) is 37.8 Å². The van der Waals surface area contributed by atoms with Gasteiger partial charge in [-0.2, -0.15) is 0 Å². The molecule has 0 radical (unpaired) electrons. The average Bonchev–Trinajstić information content (AvgIpc) is 2.40. The number of unbranched alkanes of at least 4 members (excludes halogenated alkanes) is 4. The molecule has 0 spiro atoms. The quantitative estimate of drug-likeness (QED) is 0.303. The van der Waals surface area contributed by atoms with Crippen LogP contribution < -0.4 is 5.32 Å². The highest BCUT2D eigenvalue weighted by molar-refractivity contribution is 5.64. The molecule has 0 fully saturated rings. The number of benzene rings is 1. The summed E-state index contributed by atoms with van der Waals surface area (Å²) < 4.78 is 0. The summed E-state index contributed by atoms with van der Waals surface area (Å²) in [7, 11) is 0. The molecule has 0 aliphatic carbocycles. The van der Waals surface area contributed by atoms with Gasteiger partial charge < -0.3 is 10.4 Å². The molecule has 0 aliphatic rings. The second-order valence-electron chi connectivity index (χ2n) is 5.21. The van der Waals surface area contributed by atoms with Crippen molar-refractivity contribution in [2.24, 2.45) is 0 Å². The Morgan fingerprint density at radius 1 is 1.30 bits per heavy atom. The monoisotopic (exact) mass is 280 g/mol. The van der Waals surface area contributed by atoms with Gasteiger partial charge in [0.15, 0.2) is 0 Å². The highest BCUT2D eigenvalue weighted by Gasteiger charge is 2.16. The molecule has 1 aromatic rings. The van der Waals surface area contributed by atoms with Crippen LogP contribution in [0.15, 0.2) is 18.2 Å². The van der Waals surface area contributed by atoms with Crippen LogP contribution in [0.3, 0.4) is 0 Å². The van der Waals surface area contributed by atoms with Gasteiger partial charge in [-0.25, -0.2) is 0 Å². The van der Waals surface area contributed by atoms with Gasteiger partial charge in [0.1, 0.15) is 11.4 Å². The van der Waals surface area contributed by atoms with E-state index in [0.29, 0.717) is 5.69 Å². The molecule has 1 aromatic carbocycles. The van der Waals surface area contributed by atoms with Crippen LogP contribution in [0.25, 0.3) is 0 Å². The zero-order valence-electron chi connectivity index (χ0n) is 12.3. The molecular formula is C15H24N2O3. The van der Waals surface area contributed by atoms with Gasteiger partial charge in [-0.15, -0.1) is 0 Å². The molecule has 0 saturated carbocycles. The number of nitro benzene ring substituents is 1. The van der Waals surface area contributed by atoms with E-state index >= 15 is 0 Å². The number of aromatic hydroxyl groups is 1. The topological polar surface area (TPSA) is 75.4 Å². The normalized spacial score (nSPS) is 12.1. The lowest BCUT2D eigenvalue weighted by atomic mass is 10.1. The number of rotatable bonds is 9. The zero-order valence-corrected chi connectivity index (χ0v) is 12.3. The summed E-state index contributed by atoms with van der Waals surface area (Å²) in [5.41, 5.74) is 0.386. The van der Waals surface area contributed by atoms with Gasteiger partial charge in [-0.05, 0) is 25.5 Å². The smallest absolute Gasteiger partial charge is 0.296 e. The lowest BCUT2D eigenvalue weighted by molar-refractivity contribution is -0.384. The van der Waals surface area contributed by atoms with Crippen LogP contribution in [0.4, 0.5) is 11.4 Å². The highest BCUT2D eigenvalue weighted by Crippen LogP contribution is 2.29. The summed E-state index contributed by atoms with van der Waals surface area (Å²) >= 11 is 0. The van der Waals surface area contributed by atoms with Crippen molar-refractivity contribution < 1.29 is 10.0 Å². The number of nitrogens with one attached hydrogen (secondary N) is 1. The minimum Gasteiger partial charge on any atom is -0.508 e. The molecule has 0 bridgehead atoms. The summed E-state index contributed by atoms with van der Waals surface area (Å²) in [6.07, 6.45) is 7.07. The highest BCUT2D eigenvalue weighted by atomic mass is 16.6. The lowest BCUT2D eigenvalue weighted by Crippen LogP contribution is -2.15. The molecule has 2 N–H and O–H groups in total. The standard InChI is InChI=1S/C15H24N2O3/c1-3-4-5-6-7-8-12(2)16-14-10-9-13(18)11-15(14)17(19)20/h9-12,16,18H,3-8H2,1-2H3. The van der Waals surface area contributed by atoms with Crippen LogP contribution in [-0.4, -0.2) is 16.1 Å². The van der Waals surface area contributed by atoms with Crippen LogP contribution in [0.2, 0.25) is 0 Å². The van der Waals surface area contributed by atoms with Gasteiger partial charge >= 0.3 is 0 Å². The molecule has 112 valence electrons. The number of phenols is 1. The third-order valence-corrected chi connectivity index (χ3v) is 3.32. The molecule has 0 heterocycles. The van der Waals surface area contributed by atoms with E-state index in [-0.39, 0.29) is 17.5 Å². The van der Waals surface area contributed by atoms with Crippen molar-refractivity contribution in [3.8, 4) is 5.75 Å². The molecule has 20 heavy (non-hydrogen) atoms. The fraction of sp³-hybridized carbons (Fsp3) is 0.600. The average molecular weight is 280 g/mol. The van der Waals surface area contributed by atoms with Gasteiger partial charge in [0.2, 0.25) is 0 Å². The summed E-state index contributed by atoms with van der Waals surface area (Å²) in [6, 6.07) is 4.38. The molecular weight excluding hydrogens is 256 g/mol. The molecule has 1 unspecified atom stereocenters. The SMILES string of the molecule is CCCCCCCC(C)Nc1ccc(O)cc1[N+](=O)[O-]. The Morgan fingerprint density at radius 2 is 2.00 bits per heavy atom. The van der Waals surface area contributed by atoms with Gasteiger partial charge in [0.25, 0.3) is 5.69 Å². The van der Waals surface area contributed by atoms with E-state index in [9.17, 15) is 15.2 Å². The maximum Gasteiger partial charge on any atom is 0.296 e. The second-order valence-corrected chi connectivity index (χ2v) is 5.21. The Morgan fingerprint density at radius 3 is 2.65 bits per heavy atom. The van der Waals surface area contributed by atoms with Crippen molar-refractivity contribution in [1.82, 2.24) is 0 Å². The van der Waals surface area contributed by atoms with Crippen molar-refractivity contribution in [2.45, 2.75) is 58.4 Å². The van der Waals surface area contributed by atoms with E-state index in [0.717, 1.165) is 12.8 Å². The first-order valence-electron chi connectivity index (χ1n) is 7.28. The number of phenolic OH excluding ortho intramolecular Hbond substituents is 1. The van der Waals surface area contributed by atoms with Crippen LogP contribution in [0.1, 0.15) is 52.4 Å². The minimum atomic E-state index is -0.476. The van der Waals surface area contributed by atoms with Gasteiger partial charge in [-0.1, -0.05) is 39.0 Å². The largest absolute Gasteiger partial charge is 0.508 e. The number of anilines is 1.